The van der Waals surface area contributed by atoms with Crippen LogP contribution < -0.4 is 5.73 Å². The summed E-state index contributed by atoms with van der Waals surface area (Å²) in [7, 11) is -1.23. The average molecular weight is 760 g/mol. The smallest absolute Gasteiger partial charge is 0.294 e. The van der Waals surface area contributed by atoms with Gasteiger partial charge in [-0.3, -0.25) is 9.59 Å². The van der Waals surface area contributed by atoms with Gasteiger partial charge >= 0.3 is 0 Å². The van der Waals surface area contributed by atoms with Gasteiger partial charge in [0.2, 0.25) is 5.91 Å². The lowest BCUT2D eigenvalue weighted by Gasteiger charge is -2.38. The van der Waals surface area contributed by atoms with Gasteiger partial charge in [0.05, 0.1) is 10.3 Å². The highest BCUT2D eigenvalue weighted by atomic mass is 32.3. The number of fused-ring (bicyclic) bond motifs is 1. The summed E-state index contributed by atoms with van der Waals surface area (Å²) < 4.78 is 42.9. The van der Waals surface area contributed by atoms with Crippen molar-refractivity contribution in [2.24, 2.45) is 5.73 Å². The molecule has 0 spiro atoms. The molecule has 0 fully saturated rings. The molecule has 0 saturated carbocycles. The fraction of sp³-hybridized carbons (Fsp3) is 0.379. The van der Waals surface area contributed by atoms with Crippen molar-refractivity contribution in [3.63, 3.8) is 0 Å². The third-order valence-electron chi connectivity index (χ3n) is 6.95. The average Bonchev–Trinajstić information content (AvgIpc) is 3.56. The van der Waals surface area contributed by atoms with Gasteiger partial charge in [0.1, 0.15) is 17.4 Å². The Hall–Kier alpha value is -4.38. The fourth-order valence-electron chi connectivity index (χ4n) is 4.65. The number of sulfonamides is 1. The van der Waals surface area contributed by atoms with Gasteiger partial charge in [0, 0.05) is 69.2 Å². The Balaban J connectivity index is 0.000000452. The minimum Gasteiger partial charge on any atom is -0.400 e. The van der Waals surface area contributed by atoms with E-state index in [1.807, 2.05) is 6.92 Å². The fourth-order valence-corrected chi connectivity index (χ4v) is 8.51. The highest BCUT2D eigenvalue weighted by Crippen LogP contribution is 2.43. The van der Waals surface area contributed by atoms with E-state index in [-0.39, 0.29) is 36.4 Å². The van der Waals surface area contributed by atoms with E-state index in [0.29, 0.717) is 63.6 Å². The van der Waals surface area contributed by atoms with Crippen molar-refractivity contribution in [1.29, 1.82) is 0 Å². The van der Waals surface area contributed by atoms with Crippen LogP contribution in [0.1, 0.15) is 56.8 Å². The number of thiophene rings is 1. The van der Waals surface area contributed by atoms with Crippen LogP contribution in [0.4, 0.5) is 0 Å². The number of benzene rings is 2. The molecule has 50 heavy (non-hydrogen) atoms. The second-order valence-corrected chi connectivity index (χ2v) is 14.0. The number of ether oxygens (including phenoxy) is 1. The molecular weight excluding hydrogens is 723 g/mol. The summed E-state index contributed by atoms with van der Waals surface area (Å²) in [5.41, 5.74) is 7.35. The van der Waals surface area contributed by atoms with E-state index >= 15 is 0 Å². The molecule has 2 heterocycles. The molecule has 1 aliphatic heterocycles. The molecule has 3 aromatic rings. The number of carbonyl (C=O) groups is 2. The molecular formula is C29H37N5O13S3. The summed E-state index contributed by atoms with van der Waals surface area (Å²) in [6.45, 7) is 2.49. The SMILES string of the molecule is CCN(C(=O)c1ccc(CO[N+](=O)[O-])cc1)C1CN(CCCOC)S(=O)(=O)c2sc(SO)cc21.CO.NC(=O)c1ccc(CO[N+](=O)[O-])cc1. The van der Waals surface area contributed by atoms with Crippen molar-refractivity contribution in [2.75, 3.05) is 40.5 Å². The maximum atomic E-state index is 13.4. The Labute approximate surface area is 295 Å². The van der Waals surface area contributed by atoms with Crippen molar-refractivity contribution >= 4 is 45.2 Å². The van der Waals surface area contributed by atoms with Gasteiger partial charge in [-0.25, -0.2) is 8.42 Å². The zero-order valence-electron chi connectivity index (χ0n) is 27.2. The molecule has 18 nitrogen and oxygen atoms in total. The molecule has 2 aromatic carbocycles. The van der Waals surface area contributed by atoms with Crippen molar-refractivity contribution < 1.29 is 52.3 Å². The Kier molecular flexibility index (Phi) is 17.0. The molecule has 4 N–H and O–H groups in total. The summed E-state index contributed by atoms with van der Waals surface area (Å²) in [6, 6.07) is 13.4. The molecule has 4 rings (SSSR count). The molecule has 274 valence electrons. The van der Waals surface area contributed by atoms with Gasteiger partial charge in [-0.05, 0) is 54.8 Å². The minimum atomic E-state index is -3.77. The van der Waals surface area contributed by atoms with E-state index in [2.05, 4.69) is 9.68 Å². The predicted molar refractivity (Wildman–Crippen MR) is 181 cm³/mol. The molecule has 0 saturated heterocycles. The molecule has 21 heteroatoms. The lowest BCUT2D eigenvalue weighted by molar-refractivity contribution is -0.763. The first-order chi connectivity index (χ1) is 23.8. The number of amides is 2. The van der Waals surface area contributed by atoms with Crippen LogP contribution >= 0.6 is 23.4 Å². The monoisotopic (exact) mass is 759 g/mol. The topological polar surface area (TPSA) is 255 Å². The Bertz CT molecular complexity index is 1690. The van der Waals surface area contributed by atoms with E-state index in [4.69, 9.17) is 15.6 Å². The van der Waals surface area contributed by atoms with Crippen molar-refractivity contribution in [3.8, 4) is 0 Å². The summed E-state index contributed by atoms with van der Waals surface area (Å²) in [5.74, 6) is -0.840. The van der Waals surface area contributed by atoms with Crippen LogP contribution in [0.15, 0.2) is 63.0 Å². The number of methoxy groups -OCH3 is 1. The van der Waals surface area contributed by atoms with E-state index in [1.54, 1.807) is 54.5 Å². The van der Waals surface area contributed by atoms with Gasteiger partial charge in [-0.2, -0.15) is 4.31 Å². The maximum absolute atomic E-state index is 13.4. The van der Waals surface area contributed by atoms with Gasteiger partial charge in [0.25, 0.3) is 26.1 Å². The lowest BCUT2D eigenvalue weighted by Crippen LogP contribution is -2.47. The van der Waals surface area contributed by atoms with Crippen LogP contribution in [-0.4, -0.2) is 89.7 Å². The molecule has 2 amide bonds. The van der Waals surface area contributed by atoms with Gasteiger partial charge < -0.3 is 34.7 Å². The number of primary amides is 1. The van der Waals surface area contributed by atoms with Gasteiger partial charge in [0.15, 0.2) is 0 Å². The third kappa shape index (κ3) is 11.6. The number of aliphatic hydroxyl groups excluding tert-OH is 1. The van der Waals surface area contributed by atoms with Crippen molar-refractivity contribution in [1.82, 2.24) is 9.21 Å². The van der Waals surface area contributed by atoms with E-state index < -0.39 is 32.1 Å². The second-order valence-electron chi connectivity index (χ2n) is 9.97. The predicted octanol–water partition coefficient (Wildman–Crippen LogP) is 3.37. The van der Waals surface area contributed by atoms with Crippen LogP contribution in [0, 0.1) is 20.2 Å². The van der Waals surface area contributed by atoms with Crippen LogP contribution in [0.2, 0.25) is 0 Å². The van der Waals surface area contributed by atoms with Gasteiger partial charge in [-0.1, -0.05) is 24.3 Å². The normalized spacial score (nSPS) is 14.5. The number of rotatable bonds is 15. The van der Waals surface area contributed by atoms with Crippen LogP contribution in [0.5, 0.6) is 0 Å². The first-order valence-electron chi connectivity index (χ1n) is 14.5. The first-order valence-corrected chi connectivity index (χ1v) is 17.6. The molecule has 0 bridgehead atoms. The molecule has 0 radical (unpaired) electrons. The summed E-state index contributed by atoms with van der Waals surface area (Å²) in [6.07, 6.45) is 0.499. The van der Waals surface area contributed by atoms with Crippen molar-refractivity contribution in [3.05, 3.63) is 103 Å². The van der Waals surface area contributed by atoms with Crippen LogP contribution in [0.25, 0.3) is 0 Å². The molecule has 0 aliphatic carbocycles. The number of hydrogen-bond donors (Lipinski definition) is 3. The number of nitrogens with zero attached hydrogens (tertiary/aromatic N) is 4. The lowest BCUT2D eigenvalue weighted by atomic mass is 10.1. The van der Waals surface area contributed by atoms with Gasteiger partial charge in [-0.15, -0.1) is 31.6 Å². The van der Waals surface area contributed by atoms with E-state index in [0.717, 1.165) is 18.4 Å². The molecule has 1 atom stereocenters. The number of carbonyl (C=O) groups excluding carboxylic acids is 2. The number of likely N-dealkylation sites (N-methyl/N-ethyl adjacent to an activating group) is 1. The number of aliphatic hydroxyl groups is 1. The van der Waals surface area contributed by atoms with E-state index in [9.17, 15) is 42.8 Å². The Morgan fingerprint density at radius 2 is 1.54 bits per heavy atom. The number of hydrogen-bond acceptors (Lipinski definition) is 15. The minimum absolute atomic E-state index is 0.0830. The Morgan fingerprint density at radius 3 is 1.98 bits per heavy atom. The molecule has 1 aromatic heterocycles. The largest absolute Gasteiger partial charge is 0.400 e. The molecule has 1 aliphatic rings. The summed E-state index contributed by atoms with van der Waals surface area (Å²) >= 11 is 1.45. The van der Waals surface area contributed by atoms with Crippen LogP contribution in [0.3, 0.4) is 0 Å². The van der Waals surface area contributed by atoms with E-state index in [1.165, 1.54) is 16.4 Å². The summed E-state index contributed by atoms with van der Waals surface area (Å²) in [4.78, 5) is 54.4. The number of nitrogens with two attached hydrogens (primary N) is 1. The summed E-state index contributed by atoms with van der Waals surface area (Å²) in [5, 5.41) is 25.5. The quantitative estimate of drug-likeness (QED) is 0.0869. The highest BCUT2D eigenvalue weighted by molar-refractivity contribution is 7.96. The zero-order valence-corrected chi connectivity index (χ0v) is 29.6. The van der Waals surface area contributed by atoms with Crippen LogP contribution in [-0.2, 0) is 37.6 Å². The Morgan fingerprint density at radius 1 is 1.02 bits per heavy atom. The maximum Gasteiger partial charge on any atom is 0.294 e. The molecule has 1 unspecified atom stereocenters. The van der Waals surface area contributed by atoms with Crippen molar-refractivity contribution in [2.45, 2.75) is 41.0 Å². The first kappa shape index (κ1) is 41.8. The standard InChI is InChI=1S/C20H25N3O8S3.C8H8N2O4.CH4O/c1-3-22(19(24)15-7-5-14(6-8-15)13-31-23(25)26)17-12-21(9-4-10-30-2)34(28,29)20-16(17)11-18(32-20)33-27;9-8(11)7-3-1-6(2-4-7)5-14-10(12)13;1-2/h5-8,11,17,27H,3-4,9-10,12-13H2,1-2H3;1-4H,5H2,(H2,9,11);2H,1H3. The second kappa shape index (κ2) is 20.3. The third-order valence-corrected chi connectivity index (χ3v) is 11.1. The highest BCUT2D eigenvalue weighted by Gasteiger charge is 2.42. The zero-order chi connectivity index (χ0) is 37.4.